The molecule has 1 aromatic carbocycles. The van der Waals surface area contributed by atoms with E-state index in [9.17, 15) is 4.79 Å². The second kappa shape index (κ2) is 8.28. The van der Waals surface area contributed by atoms with Crippen molar-refractivity contribution in [3.63, 3.8) is 0 Å². The molecule has 9 heteroatoms. The zero-order chi connectivity index (χ0) is 19.3. The molecular weight excluding hydrogens is 356 g/mol. The lowest BCUT2D eigenvalue weighted by Crippen LogP contribution is -2.35. The predicted octanol–water partition coefficient (Wildman–Crippen LogP) is 2.53. The highest BCUT2D eigenvalue weighted by Gasteiger charge is 2.21. The van der Waals surface area contributed by atoms with E-state index >= 15 is 0 Å². The maximum atomic E-state index is 12.2. The van der Waals surface area contributed by atoms with Crippen LogP contribution in [0.3, 0.4) is 0 Å². The van der Waals surface area contributed by atoms with Crippen molar-refractivity contribution in [1.29, 1.82) is 0 Å². The number of urea groups is 1. The summed E-state index contributed by atoms with van der Waals surface area (Å²) in [6.07, 6.45) is 4.57. The summed E-state index contributed by atoms with van der Waals surface area (Å²) in [7, 11) is 0. The number of aryl methyl sites for hydroxylation is 1. The molecule has 28 heavy (non-hydrogen) atoms. The van der Waals surface area contributed by atoms with Crippen LogP contribution in [0.25, 0.3) is 0 Å². The number of hydrogen-bond acceptors (Lipinski definition) is 7. The van der Waals surface area contributed by atoms with Crippen molar-refractivity contribution < 1.29 is 4.79 Å². The van der Waals surface area contributed by atoms with Gasteiger partial charge >= 0.3 is 6.03 Å². The third kappa shape index (κ3) is 4.41. The highest BCUT2D eigenvalue weighted by molar-refractivity contribution is 5.89. The van der Waals surface area contributed by atoms with Gasteiger partial charge in [-0.1, -0.05) is 17.7 Å². The first-order valence-corrected chi connectivity index (χ1v) is 9.83. The SMILES string of the molecule is Cc1ccc(NC(=O)NNc2nc(N3CCCC3)nc(N3CCCC3)n2)cc1. The van der Waals surface area contributed by atoms with E-state index in [0.717, 1.165) is 63.1 Å². The van der Waals surface area contributed by atoms with Gasteiger partial charge in [0.05, 0.1) is 0 Å². The smallest absolute Gasteiger partial charge is 0.337 e. The van der Waals surface area contributed by atoms with Gasteiger partial charge in [0.2, 0.25) is 17.8 Å². The Bertz CT molecular complexity index is 779. The number of anilines is 4. The topological polar surface area (TPSA) is 98.3 Å². The number of hydrazine groups is 1. The Balaban J connectivity index is 1.44. The summed E-state index contributed by atoms with van der Waals surface area (Å²) in [6, 6.07) is 7.22. The summed E-state index contributed by atoms with van der Waals surface area (Å²) in [5, 5.41) is 2.77. The Morgan fingerprint density at radius 2 is 1.39 bits per heavy atom. The minimum Gasteiger partial charge on any atom is -0.341 e. The molecule has 0 bridgehead atoms. The number of hydrogen-bond donors (Lipinski definition) is 3. The molecule has 2 aliphatic rings. The highest BCUT2D eigenvalue weighted by Crippen LogP contribution is 2.22. The van der Waals surface area contributed by atoms with Gasteiger partial charge in [0.1, 0.15) is 0 Å². The van der Waals surface area contributed by atoms with Crippen molar-refractivity contribution in [2.45, 2.75) is 32.6 Å². The zero-order valence-corrected chi connectivity index (χ0v) is 16.1. The van der Waals surface area contributed by atoms with Gasteiger partial charge < -0.3 is 15.1 Å². The van der Waals surface area contributed by atoms with E-state index in [1.807, 2.05) is 31.2 Å². The van der Waals surface area contributed by atoms with Crippen LogP contribution >= 0.6 is 0 Å². The molecule has 0 radical (unpaired) electrons. The van der Waals surface area contributed by atoms with Crippen LogP contribution in [0.2, 0.25) is 0 Å². The van der Waals surface area contributed by atoms with Crippen LogP contribution in [-0.2, 0) is 0 Å². The summed E-state index contributed by atoms with van der Waals surface area (Å²) >= 11 is 0. The predicted molar refractivity (Wildman–Crippen MR) is 110 cm³/mol. The van der Waals surface area contributed by atoms with Crippen LogP contribution in [0.4, 0.5) is 28.3 Å². The number of amides is 2. The lowest BCUT2D eigenvalue weighted by molar-refractivity contribution is 0.253. The molecule has 9 nitrogen and oxygen atoms in total. The molecule has 0 unspecified atom stereocenters. The van der Waals surface area contributed by atoms with E-state index in [2.05, 4.69) is 40.9 Å². The van der Waals surface area contributed by atoms with Gasteiger partial charge in [-0.15, -0.1) is 0 Å². The Hall–Kier alpha value is -3.10. The molecule has 2 amide bonds. The van der Waals surface area contributed by atoms with Gasteiger partial charge in [-0.05, 0) is 44.7 Å². The standard InChI is InChI=1S/C19H26N8O/c1-14-6-8-15(9-7-14)20-19(28)25-24-16-21-17(26-10-2-3-11-26)23-18(22-16)27-12-4-5-13-27/h6-9H,2-5,10-13H2,1H3,(H2,20,25,28)(H,21,22,23,24). The summed E-state index contributed by atoms with van der Waals surface area (Å²) in [5.41, 5.74) is 7.29. The average Bonchev–Trinajstić information content (AvgIpc) is 3.42. The molecular formula is C19H26N8O. The molecule has 0 saturated carbocycles. The van der Waals surface area contributed by atoms with Gasteiger partial charge in [0.15, 0.2) is 0 Å². The number of nitrogens with one attached hydrogen (secondary N) is 3. The van der Waals surface area contributed by atoms with Crippen LogP contribution in [-0.4, -0.2) is 47.2 Å². The summed E-state index contributed by atoms with van der Waals surface area (Å²) in [5.74, 6) is 1.67. The van der Waals surface area contributed by atoms with E-state index in [1.165, 1.54) is 0 Å². The lowest BCUT2D eigenvalue weighted by atomic mass is 10.2. The average molecular weight is 382 g/mol. The first kappa shape index (κ1) is 18.3. The van der Waals surface area contributed by atoms with Crippen molar-refractivity contribution in [3.05, 3.63) is 29.8 Å². The third-order valence-electron chi connectivity index (χ3n) is 4.99. The molecule has 4 rings (SSSR count). The van der Waals surface area contributed by atoms with Crippen LogP contribution < -0.4 is 26.0 Å². The van der Waals surface area contributed by atoms with Crippen LogP contribution in [0, 0.1) is 6.92 Å². The zero-order valence-electron chi connectivity index (χ0n) is 16.1. The Morgan fingerprint density at radius 1 is 0.857 bits per heavy atom. The second-order valence-electron chi connectivity index (χ2n) is 7.22. The molecule has 0 atom stereocenters. The number of rotatable bonds is 5. The maximum Gasteiger partial charge on any atom is 0.337 e. The quantitative estimate of drug-likeness (QED) is 0.684. The third-order valence-corrected chi connectivity index (χ3v) is 4.99. The van der Waals surface area contributed by atoms with E-state index in [0.29, 0.717) is 17.8 Å². The Morgan fingerprint density at radius 3 is 1.93 bits per heavy atom. The van der Waals surface area contributed by atoms with Crippen molar-refractivity contribution in [3.8, 4) is 0 Å². The van der Waals surface area contributed by atoms with Gasteiger partial charge in [-0.3, -0.25) is 5.43 Å². The summed E-state index contributed by atoms with van der Waals surface area (Å²) in [6.45, 7) is 5.80. The Labute approximate surface area is 164 Å². The van der Waals surface area contributed by atoms with E-state index in [-0.39, 0.29) is 6.03 Å². The van der Waals surface area contributed by atoms with Gasteiger partial charge in [-0.25, -0.2) is 10.2 Å². The second-order valence-corrected chi connectivity index (χ2v) is 7.22. The van der Waals surface area contributed by atoms with Crippen molar-refractivity contribution in [2.24, 2.45) is 0 Å². The molecule has 0 aliphatic carbocycles. The number of carbonyl (C=O) groups excluding carboxylic acids is 1. The first-order valence-electron chi connectivity index (χ1n) is 9.83. The van der Waals surface area contributed by atoms with Gasteiger partial charge in [0, 0.05) is 31.9 Å². The van der Waals surface area contributed by atoms with E-state index in [1.54, 1.807) is 0 Å². The minimum atomic E-state index is -0.380. The number of carbonyl (C=O) groups is 1. The molecule has 2 fully saturated rings. The van der Waals surface area contributed by atoms with Crippen molar-refractivity contribution >= 4 is 29.6 Å². The summed E-state index contributed by atoms with van der Waals surface area (Å²) < 4.78 is 0. The normalized spacial score (nSPS) is 16.3. The van der Waals surface area contributed by atoms with Gasteiger partial charge in [0.25, 0.3) is 0 Å². The fraction of sp³-hybridized carbons (Fsp3) is 0.474. The lowest BCUT2D eigenvalue weighted by Gasteiger charge is -2.20. The molecule has 0 spiro atoms. The van der Waals surface area contributed by atoms with E-state index < -0.39 is 0 Å². The van der Waals surface area contributed by atoms with Crippen molar-refractivity contribution in [2.75, 3.05) is 46.7 Å². The monoisotopic (exact) mass is 382 g/mol. The molecule has 148 valence electrons. The minimum absolute atomic E-state index is 0.345. The van der Waals surface area contributed by atoms with E-state index in [4.69, 9.17) is 0 Å². The van der Waals surface area contributed by atoms with Crippen LogP contribution in [0.15, 0.2) is 24.3 Å². The fourth-order valence-electron chi connectivity index (χ4n) is 3.44. The summed E-state index contributed by atoms with van der Waals surface area (Å²) in [4.78, 5) is 30.2. The molecule has 3 heterocycles. The largest absolute Gasteiger partial charge is 0.341 e. The van der Waals surface area contributed by atoms with Crippen LogP contribution in [0.1, 0.15) is 31.2 Å². The molecule has 2 aromatic rings. The number of benzene rings is 1. The molecule has 2 saturated heterocycles. The van der Waals surface area contributed by atoms with Crippen molar-refractivity contribution in [1.82, 2.24) is 20.4 Å². The highest BCUT2D eigenvalue weighted by atomic mass is 16.2. The molecule has 2 aliphatic heterocycles. The maximum absolute atomic E-state index is 12.2. The Kier molecular flexibility index (Phi) is 5.41. The first-order chi connectivity index (χ1) is 13.7. The molecule has 3 N–H and O–H groups in total. The van der Waals surface area contributed by atoms with Gasteiger partial charge in [-0.2, -0.15) is 15.0 Å². The fourth-order valence-corrected chi connectivity index (χ4v) is 3.44. The van der Waals surface area contributed by atoms with Crippen LogP contribution in [0.5, 0.6) is 0 Å². The number of nitrogens with zero attached hydrogens (tertiary/aromatic N) is 5. The molecule has 1 aromatic heterocycles. The number of aromatic nitrogens is 3.